The van der Waals surface area contributed by atoms with E-state index in [1.807, 2.05) is 0 Å². The van der Waals surface area contributed by atoms with Crippen LogP contribution in [-0.2, 0) is 6.42 Å². The van der Waals surface area contributed by atoms with Gasteiger partial charge >= 0.3 is 0 Å². The number of unbranched alkanes of at least 4 members (excludes halogenated alkanes) is 3. The summed E-state index contributed by atoms with van der Waals surface area (Å²) in [4.78, 5) is 3.74. The van der Waals surface area contributed by atoms with Crippen molar-refractivity contribution >= 4 is 0 Å². The Morgan fingerprint density at radius 2 is 1.48 bits per heavy atom. The third-order valence-corrected chi connectivity index (χ3v) is 6.29. The highest BCUT2D eigenvalue weighted by Crippen LogP contribution is 2.34. The molecule has 0 saturated heterocycles. The van der Waals surface area contributed by atoms with Crippen LogP contribution in [0.25, 0.3) is 11.1 Å². The lowest BCUT2D eigenvalue weighted by Gasteiger charge is -2.28. The molecule has 0 N–H and O–H groups in total. The first-order chi connectivity index (χ1) is 13.2. The maximum Gasteiger partial charge on any atom is 0.212 e. The standard InChI is InChI=1S/C25H34FN/c1-2-3-4-5-6-20-7-9-21(10-8-20)11-12-22-13-15-23(16-14-22)24-17-18-25(26)27-19-24/h13-21H,2-12H2,1H3. The van der Waals surface area contributed by atoms with Gasteiger partial charge in [-0.05, 0) is 47.9 Å². The summed E-state index contributed by atoms with van der Waals surface area (Å²) in [5.74, 6) is 1.49. The minimum atomic E-state index is -0.425. The SMILES string of the molecule is CCCCCCC1CCC(CCc2ccc(-c3ccc(F)nc3)cc2)CC1. The van der Waals surface area contributed by atoms with Crippen molar-refractivity contribution in [1.82, 2.24) is 4.98 Å². The Balaban J connectivity index is 1.39. The molecule has 2 heteroatoms. The Morgan fingerprint density at radius 1 is 0.815 bits per heavy atom. The summed E-state index contributed by atoms with van der Waals surface area (Å²) in [6.07, 6.45) is 16.9. The van der Waals surface area contributed by atoms with Gasteiger partial charge in [-0.3, -0.25) is 0 Å². The number of aromatic nitrogens is 1. The predicted octanol–water partition coefficient (Wildman–Crippen LogP) is 7.60. The van der Waals surface area contributed by atoms with Crippen LogP contribution >= 0.6 is 0 Å². The van der Waals surface area contributed by atoms with Crippen LogP contribution < -0.4 is 0 Å². The largest absolute Gasteiger partial charge is 0.228 e. The number of hydrogen-bond donors (Lipinski definition) is 0. The highest BCUT2D eigenvalue weighted by atomic mass is 19.1. The third-order valence-electron chi connectivity index (χ3n) is 6.29. The van der Waals surface area contributed by atoms with Crippen LogP contribution in [0, 0.1) is 17.8 Å². The van der Waals surface area contributed by atoms with E-state index in [0.29, 0.717) is 0 Å². The summed E-state index contributed by atoms with van der Waals surface area (Å²) in [7, 11) is 0. The van der Waals surface area contributed by atoms with E-state index in [2.05, 4.69) is 36.2 Å². The van der Waals surface area contributed by atoms with E-state index in [1.165, 1.54) is 82.3 Å². The third kappa shape index (κ3) is 6.45. The van der Waals surface area contributed by atoms with Gasteiger partial charge in [0.1, 0.15) is 0 Å². The van der Waals surface area contributed by atoms with Gasteiger partial charge in [-0.2, -0.15) is 4.39 Å². The van der Waals surface area contributed by atoms with Crippen molar-refractivity contribution in [3.63, 3.8) is 0 Å². The van der Waals surface area contributed by atoms with Gasteiger partial charge in [0.05, 0.1) is 0 Å². The van der Waals surface area contributed by atoms with Gasteiger partial charge in [0.2, 0.25) is 5.95 Å². The quantitative estimate of drug-likeness (QED) is 0.328. The van der Waals surface area contributed by atoms with Gasteiger partial charge in [0, 0.05) is 11.8 Å². The van der Waals surface area contributed by atoms with Crippen molar-refractivity contribution in [2.24, 2.45) is 11.8 Å². The molecule has 3 rings (SSSR count). The van der Waals surface area contributed by atoms with E-state index in [9.17, 15) is 4.39 Å². The van der Waals surface area contributed by atoms with Crippen molar-refractivity contribution in [1.29, 1.82) is 0 Å². The topological polar surface area (TPSA) is 12.9 Å². The minimum Gasteiger partial charge on any atom is -0.228 e. The molecule has 1 nitrogen and oxygen atoms in total. The van der Waals surface area contributed by atoms with Gasteiger partial charge in [0.15, 0.2) is 0 Å². The van der Waals surface area contributed by atoms with Gasteiger partial charge in [-0.15, -0.1) is 0 Å². The van der Waals surface area contributed by atoms with Gasteiger partial charge < -0.3 is 0 Å². The number of halogens is 1. The fourth-order valence-corrected chi connectivity index (χ4v) is 4.45. The molecule has 1 aliphatic rings. The summed E-state index contributed by atoms with van der Waals surface area (Å²) in [5, 5.41) is 0. The first-order valence-electron chi connectivity index (χ1n) is 11.0. The molecule has 27 heavy (non-hydrogen) atoms. The summed E-state index contributed by atoms with van der Waals surface area (Å²) < 4.78 is 12.9. The Morgan fingerprint density at radius 3 is 2.11 bits per heavy atom. The Kier molecular flexibility index (Phi) is 7.86. The number of rotatable bonds is 9. The Bertz CT molecular complexity index is 654. The van der Waals surface area contributed by atoms with Crippen LogP contribution in [-0.4, -0.2) is 4.98 Å². The highest BCUT2D eigenvalue weighted by molar-refractivity contribution is 5.62. The molecule has 1 fully saturated rings. The van der Waals surface area contributed by atoms with Crippen LogP contribution in [0.3, 0.4) is 0 Å². The van der Waals surface area contributed by atoms with Crippen molar-refractivity contribution in [2.45, 2.75) is 77.6 Å². The second-order valence-corrected chi connectivity index (χ2v) is 8.34. The molecule has 0 unspecified atom stereocenters. The maximum absolute atomic E-state index is 12.9. The molecule has 0 aliphatic heterocycles. The molecule has 1 aromatic carbocycles. The molecular formula is C25H34FN. The molecule has 1 heterocycles. The zero-order chi connectivity index (χ0) is 18.9. The predicted molar refractivity (Wildman–Crippen MR) is 112 cm³/mol. The van der Waals surface area contributed by atoms with Crippen LogP contribution in [0.15, 0.2) is 42.6 Å². The molecule has 2 aromatic rings. The molecule has 0 bridgehead atoms. The summed E-state index contributed by atoms with van der Waals surface area (Å²) >= 11 is 0. The lowest BCUT2D eigenvalue weighted by atomic mass is 9.77. The first-order valence-corrected chi connectivity index (χ1v) is 11.0. The van der Waals surface area contributed by atoms with E-state index >= 15 is 0 Å². The van der Waals surface area contributed by atoms with Crippen molar-refractivity contribution < 1.29 is 4.39 Å². The van der Waals surface area contributed by atoms with Gasteiger partial charge in [-0.1, -0.05) is 89.0 Å². The molecule has 0 atom stereocenters. The number of benzene rings is 1. The van der Waals surface area contributed by atoms with Crippen molar-refractivity contribution in [3.8, 4) is 11.1 Å². The number of pyridine rings is 1. The lowest BCUT2D eigenvalue weighted by molar-refractivity contribution is 0.249. The van der Waals surface area contributed by atoms with Crippen LogP contribution in [0.4, 0.5) is 4.39 Å². The van der Waals surface area contributed by atoms with E-state index in [1.54, 1.807) is 12.3 Å². The Labute approximate surface area is 164 Å². The van der Waals surface area contributed by atoms with Gasteiger partial charge in [-0.25, -0.2) is 4.98 Å². The van der Waals surface area contributed by atoms with Crippen molar-refractivity contribution in [3.05, 3.63) is 54.1 Å². The molecule has 0 radical (unpaired) electrons. The van der Waals surface area contributed by atoms with E-state index < -0.39 is 5.95 Å². The zero-order valence-electron chi connectivity index (χ0n) is 16.8. The summed E-state index contributed by atoms with van der Waals surface area (Å²) in [6, 6.07) is 11.9. The molecule has 0 amide bonds. The fourth-order valence-electron chi connectivity index (χ4n) is 4.45. The molecule has 1 aromatic heterocycles. The van der Waals surface area contributed by atoms with Crippen LogP contribution in [0.1, 0.15) is 76.7 Å². The summed E-state index contributed by atoms with van der Waals surface area (Å²) in [6.45, 7) is 2.29. The smallest absolute Gasteiger partial charge is 0.212 e. The van der Waals surface area contributed by atoms with Crippen LogP contribution in [0.2, 0.25) is 0 Å². The highest BCUT2D eigenvalue weighted by Gasteiger charge is 2.20. The molecule has 146 valence electrons. The maximum atomic E-state index is 12.9. The lowest BCUT2D eigenvalue weighted by Crippen LogP contribution is -2.15. The Hall–Kier alpha value is -1.70. The first kappa shape index (κ1) is 20.0. The van der Waals surface area contributed by atoms with Gasteiger partial charge in [0.25, 0.3) is 0 Å². The molecule has 0 spiro atoms. The molecular weight excluding hydrogens is 333 g/mol. The van der Waals surface area contributed by atoms with E-state index in [-0.39, 0.29) is 0 Å². The van der Waals surface area contributed by atoms with Crippen LogP contribution in [0.5, 0.6) is 0 Å². The zero-order valence-corrected chi connectivity index (χ0v) is 16.8. The monoisotopic (exact) mass is 367 g/mol. The molecule has 1 aliphatic carbocycles. The number of hydrogen-bond acceptors (Lipinski definition) is 1. The summed E-state index contributed by atoms with van der Waals surface area (Å²) in [5.41, 5.74) is 3.49. The number of aryl methyl sites for hydroxylation is 1. The normalized spacial score (nSPS) is 19.9. The van der Waals surface area contributed by atoms with E-state index in [0.717, 1.165) is 23.0 Å². The minimum absolute atomic E-state index is 0.425. The fraction of sp³-hybridized carbons (Fsp3) is 0.560. The van der Waals surface area contributed by atoms with E-state index in [4.69, 9.17) is 0 Å². The second kappa shape index (κ2) is 10.6. The molecule has 1 saturated carbocycles. The number of nitrogens with zero attached hydrogens (tertiary/aromatic N) is 1. The average molecular weight is 368 g/mol. The second-order valence-electron chi connectivity index (χ2n) is 8.34. The van der Waals surface area contributed by atoms with Crippen molar-refractivity contribution in [2.75, 3.05) is 0 Å². The average Bonchev–Trinajstić information content (AvgIpc) is 2.72.